The second-order valence-electron chi connectivity index (χ2n) is 6.99. The summed E-state index contributed by atoms with van der Waals surface area (Å²) < 4.78 is 5.76. The van der Waals surface area contributed by atoms with Gasteiger partial charge in [-0.15, -0.1) is 0 Å². The molecule has 2 aromatic rings. The second kappa shape index (κ2) is 8.19. The number of nitrogens with zero attached hydrogens (tertiary/aromatic N) is 2. The van der Waals surface area contributed by atoms with Crippen LogP contribution in [-0.4, -0.2) is 54.1 Å². The summed E-state index contributed by atoms with van der Waals surface area (Å²) in [5, 5.41) is 11.1. The molecular formula is C21H25ClN2O3. The molecule has 27 heavy (non-hydrogen) atoms. The molecule has 0 saturated carbocycles. The number of carbonyl (C=O) groups is 1. The zero-order valence-electron chi connectivity index (χ0n) is 15.9. The van der Waals surface area contributed by atoms with Gasteiger partial charge >= 0.3 is 0 Å². The number of amides is 1. The van der Waals surface area contributed by atoms with E-state index in [2.05, 4.69) is 0 Å². The fourth-order valence-corrected chi connectivity index (χ4v) is 3.68. The van der Waals surface area contributed by atoms with Crippen LogP contribution in [-0.2, 0) is 11.3 Å². The van der Waals surface area contributed by atoms with Gasteiger partial charge in [0.05, 0.1) is 12.6 Å². The van der Waals surface area contributed by atoms with Crippen LogP contribution in [0.2, 0.25) is 5.02 Å². The van der Waals surface area contributed by atoms with Gasteiger partial charge in [-0.2, -0.15) is 0 Å². The summed E-state index contributed by atoms with van der Waals surface area (Å²) in [6.45, 7) is 3.25. The molecule has 0 radical (unpaired) electrons. The number of fused-ring (bicyclic) bond motifs is 1. The first-order valence-corrected chi connectivity index (χ1v) is 9.48. The van der Waals surface area contributed by atoms with Gasteiger partial charge in [0, 0.05) is 17.1 Å². The van der Waals surface area contributed by atoms with Crippen LogP contribution in [0.3, 0.4) is 0 Å². The molecule has 0 aromatic heterocycles. The maximum atomic E-state index is 13.0. The molecule has 3 rings (SSSR count). The topological polar surface area (TPSA) is 53.0 Å². The molecule has 0 unspecified atom stereocenters. The van der Waals surface area contributed by atoms with E-state index in [4.69, 9.17) is 16.3 Å². The first-order valence-electron chi connectivity index (χ1n) is 9.10. The minimum atomic E-state index is -0.170. The molecule has 1 amide bonds. The van der Waals surface area contributed by atoms with Crippen molar-refractivity contribution >= 4 is 17.5 Å². The van der Waals surface area contributed by atoms with Crippen molar-refractivity contribution in [2.45, 2.75) is 25.9 Å². The number of hydrogen-bond acceptors (Lipinski definition) is 4. The van der Waals surface area contributed by atoms with E-state index in [-0.39, 0.29) is 17.7 Å². The number of ether oxygens (including phenoxy) is 1. The van der Waals surface area contributed by atoms with Gasteiger partial charge in [-0.3, -0.25) is 9.69 Å². The lowest BCUT2D eigenvalue weighted by atomic mass is 10.0. The van der Waals surface area contributed by atoms with Crippen molar-refractivity contribution in [3.8, 4) is 22.6 Å². The number of phenolic OH excluding ortho intramolecular Hbond substituents is 1. The smallest absolute Gasteiger partial charge is 0.240 e. The summed E-state index contributed by atoms with van der Waals surface area (Å²) >= 11 is 6.10. The van der Waals surface area contributed by atoms with Crippen molar-refractivity contribution in [3.05, 3.63) is 47.0 Å². The second-order valence-corrected chi connectivity index (χ2v) is 7.43. The summed E-state index contributed by atoms with van der Waals surface area (Å²) in [5.74, 6) is 0.608. The number of hydrogen-bond donors (Lipinski definition) is 1. The summed E-state index contributed by atoms with van der Waals surface area (Å²) in [4.78, 5) is 16.7. The van der Waals surface area contributed by atoms with Crippen LogP contribution in [0.5, 0.6) is 11.5 Å². The van der Waals surface area contributed by atoms with Crippen LogP contribution in [0.1, 0.15) is 18.9 Å². The molecule has 0 fully saturated rings. The highest BCUT2D eigenvalue weighted by Crippen LogP contribution is 2.38. The monoisotopic (exact) mass is 388 g/mol. The molecule has 1 aliphatic rings. The number of benzene rings is 2. The minimum absolute atomic E-state index is 0.0756. The van der Waals surface area contributed by atoms with Crippen molar-refractivity contribution in [3.63, 3.8) is 0 Å². The molecule has 1 atom stereocenters. The number of aromatic hydroxyl groups is 1. The number of halogens is 1. The Hall–Kier alpha value is -2.24. The third-order valence-corrected chi connectivity index (χ3v) is 5.11. The third-order valence-electron chi connectivity index (χ3n) is 4.88. The lowest BCUT2D eigenvalue weighted by Gasteiger charge is -2.29. The Labute approximate surface area is 165 Å². The predicted molar refractivity (Wildman–Crippen MR) is 107 cm³/mol. The molecule has 1 N–H and O–H groups in total. The highest BCUT2D eigenvalue weighted by Gasteiger charge is 2.28. The molecular weight excluding hydrogens is 364 g/mol. The molecule has 0 bridgehead atoms. The van der Waals surface area contributed by atoms with Crippen LogP contribution in [0.4, 0.5) is 0 Å². The fourth-order valence-electron chi connectivity index (χ4n) is 3.49. The lowest BCUT2D eigenvalue weighted by Crippen LogP contribution is -2.46. The first kappa shape index (κ1) is 19.5. The van der Waals surface area contributed by atoms with Gasteiger partial charge < -0.3 is 14.7 Å². The van der Waals surface area contributed by atoms with Crippen molar-refractivity contribution in [2.75, 3.05) is 27.2 Å². The lowest BCUT2D eigenvalue weighted by molar-refractivity contribution is -0.137. The molecule has 1 heterocycles. The Morgan fingerprint density at radius 2 is 2.07 bits per heavy atom. The van der Waals surface area contributed by atoms with Gasteiger partial charge in [0.25, 0.3) is 0 Å². The van der Waals surface area contributed by atoms with Crippen LogP contribution in [0.15, 0.2) is 36.4 Å². The number of rotatable bonds is 4. The third kappa shape index (κ3) is 4.20. The minimum Gasteiger partial charge on any atom is -0.504 e. The van der Waals surface area contributed by atoms with E-state index in [0.29, 0.717) is 30.5 Å². The highest BCUT2D eigenvalue weighted by atomic mass is 35.5. The van der Waals surface area contributed by atoms with E-state index >= 15 is 0 Å². The SMILES string of the molecule is CC[C@H](C(=O)N1CCOc2c(O)cc(-c3cccc(Cl)c3)cc2C1)N(C)C. The van der Waals surface area contributed by atoms with E-state index in [1.807, 2.05) is 56.3 Å². The van der Waals surface area contributed by atoms with E-state index in [0.717, 1.165) is 23.1 Å². The van der Waals surface area contributed by atoms with Crippen molar-refractivity contribution in [2.24, 2.45) is 0 Å². The predicted octanol–water partition coefficient (Wildman–Crippen LogP) is 3.77. The Balaban J connectivity index is 1.95. The fraction of sp³-hybridized carbons (Fsp3) is 0.381. The Morgan fingerprint density at radius 1 is 1.30 bits per heavy atom. The van der Waals surface area contributed by atoms with E-state index in [1.165, 1.54) is 0 Å². The van der Waals surface area contributed by atoms with Crippen molar-refractivity contribution in [1.29, 1.82) is 0 Å². The summed E-state index contributed by atoms with van der Waals surface area (Å²) in [6.07, 6.45) is 0.740. The van der Waals surface area contributed by atoms with Gasteiger partial charge in [-0.25, -0.2) is 0 Å². The Morgan fingerprint density at radius 3 is 2.74 bits per heavy atom. The summed E-state index contributed by atoms with van der Waals surface area (Å²) in [6, 6.07) is 10.9. The van der Waals surface area contributed by atoms with Crippen molar-refractivity contribution < 1.29 is 14.6 Å². The van der Waals surface area contributed by atoms with Gasteiger partial charge in [-0.1, -0.05) is 30.7 Å². The summed E-state index contributed by atoms with van der Waals surface area (Å²) in [5.41, 5.74) is 2.54. The summed E-state index contributed by atoms with van der Waals surface area (Å²) in [7, 11) is 3.83. The normalized spacial score (nSPS) is 15.1. The van der Waals surface area contributed by atoms with Gasteiger partial charge in [-0.05, 0) is 55.9 Å². The molecule has 5 nitrogen and oxygen atoms in total. The molecule has 2 aromatic carbocycles. The van der Waals surface area contributed by atoms with E-state index < -0.39 is 0 Å². The largest absolute Gasteiger partial charge is 0.504 e. The molecule has 1 aliphatic heterocycles. The van der Waals surface area contributed by atoms with Crippen LogP contribution >= 0.6 is 11.6 Å². The Kier molecular flexibility index (Phi) is 5.92. The average molecular weight is 389 g/mol. The standard InChI is InChI=1S/C21H25ClN2O3/c1-4-18(23(2)3)21(26)24-8-9-27-20-16(13-24)10-15(12-19(20)25)14-6-5-7-17(22)11-14/h5-7,10-12,18,25H,4,8-9,13H2,1-3H3/t18-/m1/s1. The van der Waals surface area contributed by atoms with Crippen LogP contribution in [0, 0.1) is 0 Å². The number of carbonyl (C=O) groups excluding carboxylic acids is 1. The first-order chi connectivity index (χ1) is 12.9. The molecule has 6 heteroatoms. The van der Waals surface area contributed by atoms with E-state index in [9.17, 15) is 9.90 Å². The quantitative estimate of drug-likeness (QED) is 0.866. The zero-order chi connectivity index (χ0) is 19.6. The Bertz CT molecular complexity index is 838. The van der Waals surface area contributed by atoms with Gasteiger partial charge in [0.15, 0.2) is 11.5 Å². The molecule has 0 spiro atoms. The average Bonchev–Trinajstić information content (AvgIpc) is 2.84. The number of likely N-dealkylation sites (N-methyl/N-ethyl adjacent to an activating group) is 1. The molecule has 0 aliphatic carbocycles. The number of phenols is 1. The maximum absolute atomic E-state index is 13.0. The van der Waals surface area contributed by atoms with Crippen molar-refractivity contribution in [1.82, 2.24) is 9.80 Å². The zero-order valence-corrected chi connectivity index (χ0v) is 16.7. The van der Waals surface area contributed by atoms with Gasteiger partial charge in [0.1, 0.15) is 6.61 Å². The van der Waals surface area contributed by atoms with E-state index in [1.54, 1.807) is 11.0 Å². The highest BCUT2D eigenvalue weighted by molar-refractivity contribution is 6.30. The molecule has 144 valence electrons. The van der Waals surface area contributed by atoms with Crippen LogP contribution in [0.25, 0.3) is 11.1 Å². The van der Waals surface area contributed by atoms with Gasteiger partial charge in [0.2, 0.25) is 5.91 Å². The molecule has 0 saturated heterocycles. The van der Waals surface area contributed by atoms with Crippen LogP contribution < -0.4 is 4.74 Å². The maximum Gasteiger partial charge on any atom is 0.240 e.